The Labute approximate surface area is 126 Å². The lowest BCUT2D eigenvalue weighted by molar-refractivity contribution is 0.0698. The van der Waals surface area contributed by atoms with Crippen LogP contribution in [0.5, 0.6) is 0 Å². The van der Waals surface area contributed by atoms with Crippen LogP contribution in [-0.4, -0.2) is 17.0 Å². The van der Waals surface area contributed by atoms with Gasteiger partial charge in [0.05, 0.1) is 11.3 Å². The van der Waals surface area contributed by atoms with Crippen LogP contribution < -0.4 is 5.32 Å². The summed E-state index contributed by atoms with van der Waals surface area (Å²) in [4.78, 5) is 23.0. The SMILES string of the molecule is O=C(O)c1cc(Br)ccc1NC(=O)c1c(F)cccc1F. The second kappa shape index (κ2) is 6.01. The lowest BCUT2D eigenvalue weighted by Crippen LogP contribution is -2.17. The fraction of sp³-hybridized carbons (Fsp3) is 0. The van der Waals surface area contributed by atoms with Crippen LogP contribution in [0.25, 0.3) is 0 Å². The van der Waals surface area contributed by atoms with E-state index >= 15 is 0 Å². The van der Waals surface area contributed by atoms with Gasteiger partial charge >= 0.3 is 5.97 Å². The van der Waals surface area contributed by atoms with Crippen molar-refractivity contribution >= 4 is 33.5 Å². The molecule has 7 heteroatoms. The highest BCUT2D eigenvalue weighted by Gasteiger charge is 2.19. The van der Waals surface area contributed by atoms with Gasteiger partial charge in [-0.1, -0.05) is 22.0 Å². The van der Waals surface area contributed by atoms with Gasteiger partial charge in [-0.2, -0.15) is 0 Å². The monoisotopic (exact) mass is 355 g/mol. The first-order valence-corrected chi connectivity index (χ1v) is 6.47. The number of benzene rings is 2. The maximum atomic E-state index is 13.5. The molecule has 0 aliphatic rings. The molecule has 0 saturated heterocycles. The Morgan fingerprint density at radius 2 is 1.71 bits per heavy atom. The number of carbonyl (C=O) groups excluding carboxylic acids is 1. The first kappa shape index (κ1) is 15.1. The summed E-state index contributed by atoms with van der Waals surface area (Å²) in [6.45, 7) is 0. The average molecular weight is 356 g/mol. The van der Waals surface area contributed by atoms with Gasteiger partial charge in [0.2, 0.25) is 0 Å². The largest absolute Gasteiger partial charge is 0.478 e. The van der Waals surface area contributed by atoms with E-state index in [1.807, 2.05) is 0 Å². The van der Waals surface area contributed by atoms with E-state index in [0.29, 0.717) is 4.47 Å². The molecule has 0 aliphatic heterocycles. The second-order valence-electron chi connectivity index (χ2n) is 4.05. The molecule has 2 rings (SSSR count). The van der Waals surface area contributed by atoms with Crippen molar-refractivity contribution < 1.29 is 23.5 Å². The second-order valence-corrected chi connectivity index (χ2v) is 4.96. The number of carbonyl (C=O) groups is 2. The smallest absolute Gasteiger partial charge is 0.337 e. The number of carboxylic acid groups (broad SMARTS) is 1. The molecule has 0 aliphatic carbocycles. The number of hydrogen-bond acceptors (Lipinski definition) is 2. The number of carboxylic acids is 1. The highest BCUT2D eigenvalue weighted by atomic mass is 79.9. The molecule has 21 heavy (non-hydrogen) atoms. The van der Waals surface area contributed by atoms with Crippen LogP contribution in [0.2, 0.25) is 0 Å². The highest BCUT2D eigenvalue weighted by molar-refractivity contribution is 9.10. The van der Waals surface area contributed by atoms with Crippen molar-refractivity contribution in [1.29, 1.82) is 0 Å². The van der Waals surface area contributed by atoms with Gasteiger partial charge in [-0.3, -0.25) is 4.79 Å². The van der Waals surface area contributed by atoms with E-state index in [-0.39, 0.29) is 11.3 Å². The van der Waals surface area contributed by atoms with Gasteiger partial charge in [0.1, 0.15) is 17.2 Å². The summed E-state index contributed by atoms with van der Waals surface area (Å²) in [5, 5.41) is 11.3. The lowest BCUT2D eigenvalue weighted by atomic mass is 10.1. The summed E-state index contributed by atoms with van der Waals surface area (Å²) in [6, 6.07) is 7.11. The van der Waals surface area contributed by atoms with Crippen LogP contribution in [0, 0.1) is 11.6 Å². The summed E-state index contributed by atoms with van der Waals surface area (Å²) >= 11 is 3.10. The zero-order chi connectivity index (χ0) is 15.6. The van der Waals surface area contributed by atoms with Crippen molar-refractivity contribution in [3.63, 3.8) is 0 Å². The predicted octanol–water partition coefficient (Wildman–Crippen LogP) is 3.68. The molecule has 0 fully saturated rings. The Bertz CT molecular complexity index is 714. The molecule has 2 aromatic carbocycles. The van der Waals surface area contributed by atoms with E-state index in [9.17, 15) is 18.4 Å². The molecule has 2 aromatic rings. The zero-order valence-electron chi connectivity index (χ0n) is 10.4. The van der Waals surface area contributed by atoms with Gasteiger partial charge in [-0.05, 0) is 30.3 Å². The van der Waals surface area contributed by atoms with Gasteiger partial charge in [-0.15, -0.1) is 0 Å². The summed E-state index contributed by atoms with van der Waals surface area (Å²) < 4.78 is 27.5. The number of nitrogens with one attached hydrogen (secondary N) is 1. The lowest BCUT2D eigenvalue weighted by Gasteiger charge is -2.10. The van der Waals surface area contributed by atoms with Crippen molar-refractivity contribution in [3.05, 3.63) is 63.6 Å². The molecule has 0 spiro atoms. The third-order valence-electron chi connectivity index (χ3n) is 2.65. The number of anilines is 1. The number of aromatic carboxylic acids is 1. The van der Waals surface area contributed by atoms with Gasteiger partial charge < -0.3 is 10.4 Å². The van der Waals surface area contributed by atoms with Crippen LogP contribution in [0.3, 0.4) is 0 Å². The maximum absolute atomic E-state index is 13.5. The van der Waals surface area contributed by atoms with E-state index in [0.717, 1.165) is 18.2 Å². The molecule has 0 bridgehead atoms. The van der Waals surface area contributed by atoms with Crippen molar-refractivity contribution in [3.8, 4) is 0 Å². The van der Waals surface area contributed by atoms with E-state index < -0.39 is 29.1 Å². The van der Waals surface area contributed by atoms with Crippen LogP contribution in [0.1, 0.15) is 20.7 Å². The van der Waals surface area contributed by atoms with Crippen LogP contribution in [0.15, 0.2) is 40.9 Å². The molecule has 0 saturated carbocycles. The first-order chi connectivity index (χ1) is 9.90. The van der Waals surface area contributed by atoms with Crippen molar-refractivity contribution in [2.24, 2.45) is 0 Å². The van der Waals surface area contributed by atoms with Crippen LogP contribution >= 0.6 is 15.9 Å². The third-order valence-corrected chi connectivity index (χ3v) is 3.14. The zero-order valence-corrected chi connectivity index (χ0v) is 11.9. The Balaban J connectivity index is 2.39. The molecule has 1 amide bonds. The Hall–Kier alpha value is -2.28. The van der Waals surface area contributed by atoms with Crippen molar-refractivity contribution in [2.45, 2.75) is 0 Å². The number of halogens is 3. The average Bonchev–Trinajstić information content (AvgIpc) is 2.40. The minimum Gasteiger partial charge on any atom is -0.478 e. The Morgan fingerprint density at radius 1 is 1.10 bits per heavy atom. The topological polar surface area (TPSA) is 66.4 Å². The van der Waals surface area contributed by atoms with Crippen LogP contribution in [0.4, 0.5) is 14.5 Å². The number of amides is 1. The molecule has 0 aromatic heterocycles. The minimum absolute atomic E-state index is 0.0571. The number of hydrogen-bond donors (Lipinski definition) is 2. The number of rotatable bonds is 3. The molecule has 2 N–H and O–H groups in total. The van der Waals surface area contributed by atoms with E-state index in [4.69, 9.17) is 5.11 Å². The highest BCUT2D eigenvalue weighted by Crippen LogP contribution is 2.22. The molecule has 108 valence electrons. The Morgan fingerprint density at radius 3 is 2.29 bits per heavy atom. The molecular formula is C14H8BrF2NO3. The van der Waals surface area contributed by atoms with Gasteiger partial charge in [-0.25, -0.2) is 13.6 Å². The first-order valence-electron chi connectivity index (χ1n) is 5.68. The maximum Gasteiger partial charge on any atom is 0.337 e. The van der Waals surface area contributed by atoms with Crippen LogP contribution in [-0.2, 0) is 0 Å². The fourth-order valence-corrected chi connectivity index (χ4v) is 2.06. The fourth-order valence-electron chi connectivity index (χ4n) is 1.70. The van der Waals surface area contributed by atoms with Gasteiger partial charge in [0.25, 0.3) is 5.91 Å². The molecule has 4 nitrogen and oxygen atoms in total. The summed E-state index contributed by atoms with van der Waals surface area (Å²) in [7, 11) is 0. The summed E-state index contributed by atoms with van der Waals surface area (Å²) in [6.07, 6.45) is 0. The quantitative estimate of drug-likeness (QED) is 0.882. The Kier molecular flexibility index (Phi) is 4.32. The molecule has 0 heterocycles. The van der Waals surface area contributed by atoms with Crippen molar-refractivity contribution in [1.82, 2.24) is 0 Å². The van der Waals surface area contributed by atoms with Crippen molar-refractivity contribution in [2.75, 3.05) is 5.32 Å². The van der Waals surface area contributed by atoms with E-state index in [1.54, 1.807) is 0 Å². The standard InChI is InChI=1S/C14H8BrF2NO3/c15-7-4-5-11(8(6-7)14(20)21)18-13(19)12-9(16)2-1-3-10(12)17/h1-6H,(H,18,19)(H,20,21). The third kappa shape index (κ3) is 3.25. The molecule has 0 unspecified atom stereocenters. The molecular weight excluding hydrogens is 348 g/mol. The normalized spacial score (nSPS) is 10.2. The van der Waals surface area contributed by atoms with Gasteiger partial charge in [0, 0.05) is 4.47 Å². The summed E-state index contributed by atoms with van der Waals surface area (Å²) in [5.74, 6) is -4.39. The van der Waals surface area contributed by atoms with Gasteiger partial charge in [0.15, 0.2) is 0 Å². The van der Waals surface area contributed by atoms with E-state index in [1.165, 1.54) is 18.2 Å². The molecule has 0 atom stereocenters. The summed E-state index contributed by atoms with van der Waals surface area (Å²) in [5.41, 5.74) is -1.02. The van der Waals surface area contributed by atoms with E-state index in [2.05, 4.69) is 21.2 Å². The molecule has 0 radical (unpaired) electrons. The minimum atomic E-state index is -1.28. The predicted molar refractivity (Wildman–Crippen MR) is 75.4 cm³/mol.